The van der Waals surface area contributed by atoms with E-state index >= 15 is 0 Å². The molecular weight excluding hydrogens is 256 g/mol. The fraction of sp³-hybridized carbons (Fsp3) is 0.636. The van der Waals surface area contributed by atoms with Crippen molar-refractivity contribution < 1.29 is 9.84 Å². The molecule has 0 bridgehead atoms. The van der Waals surface area contributed by atoms with Gasteiger partial charge in [0.15, 0.2) is 5.82 Å². The van der Waals surface area contributed by atoms with Gasteiger partial charge in [0, 0.05) is 33.7 Å². The average molecular weight is 275 g/mol. The van der Waals surface area contributed by atoms with Crippen molar-refractivity contribution >= 4 is 23.4 Å². The van der Waals surface area contributed by atoms with Gasteiger partial charge >= 0.3 is 0 Å². The first-order chi connectivity index (χ1) is 8.48. The highest BCUT2D eigenvalue weighted by molar-refractivity contribution is 6.32. The van der Waals surface area contributed by atoms with Crippen LogP contribution in [0.4, 0.5) is 11.8 Å². The Labute approximate surface area is 112 Å². The molecule has 0 saturated carbocycles. The summed E-state index contributed by atoms with van der Waals surface area (Å²) in [5, 5.41) is 16.3. The molecule has 0 aromatic carbocycles. The molecule has 0 aliphatic rings. The molecule has 0 radical (unpaired) electrons. The van der Waals surface area contributed by atoms with Crippen molar-refractivity contribution in [1.82, 2.24) is 9.97 Å². The van der Waals surface area contributed by atoms with Crippen LogP contribution in [0.25, 0.3) is 0 Å². The molecule has 0 saturated heterocycles. The molecule has 0 spiro atoms. The van der Waals surface area contributed by atoms with Crippen molar-refractivity contribution in [2.45, 2.75) is 18.9 Å². The second-order valence-corrected chi connectivity index (χ2v) is 4.64. The molecule has 0 amide bonds. The third-order valence-corrected chi connectivity index (χ3v) is 2.73. The van der Waals surface area contributed by atoms with Gasteiger partial charge in [0.2, 0.25) is 5.95 Å². The number of methoxy groups -OCH3 is 1. The van der Waals surface area contributed by atoms with Crippen molar-refractivity contribution in [1.29, 1.82) is 0 Å². The van der Waals surface area contributed by atoms with E-state index in [1.165, 1.54) is 6.20 Å². The predicted octanol–water partition coefficient (Wildman–Crippen LogP) is 1.37. The maximum atomic E-state index is 10.1. The SMILES string of the molecule is CNc1ncc(Cl)c(NCC(C)(O)CCOC)n1. The molecule has 18 heavy (non-hydrogen) atoms. The molecular formula is C11H19ClN4O2. The third-order valence-electron chi connectivity index (χ3n) is 2.45. The summed E-state index contributed by atoms with van der Waals surface area (Å²) in [5.74, 6) is 0.965. The fourth-order valence-electron chi connectivity index (χ4n) is 1.30. The summed E-state index contributed by atoms with van der Waals surface area (Å²) in [6.45, 7) is 2.55. The van der Waals surface area contributed by atoms with E-state index in [9.17, 15) is 5.11 Å². The first kappa shape index (κ1) is 14.9. The van der Waals surface area contributed by atoms with E-state index in [4.69, 9.17) is 16.3 Å². The van der Waals surface area contributed by atoms with Crippen molar-refractivity contribution in [3.05, 3.63) is 11.2 Å². The number of aromatic nitrogens is 2. The predicted molar refractivity (Wildman–Crippen MR) is 72.2 cm³/mol. The van der Waals surface area contributed by atoms with Gasteiger partial charge in [-0.2, -0.15) is 4.98 Å². The van der Waals surface area contributed by atoms with Crippen molar-refractivity contribution in [2.24, 2.45) is 0 Å². The first-order valence-corrected chi connectivity index (χ1v) is 6.02. The summed E-state index contributed by atoms with van der Waals surface area (Å²) >= 11 is 5.96. The zero-order chi connectivity index (χ0) is 13.6. The monoisotopic (exact) mass is 274 g/mol. The molecule has 6 nitrogen and oxygen atoms in total. The number of rotatable bonds is 7. The highest BCUT2D eigenvalue weighted by atomic mass is 35.5. The van der Waals surface area contributed by atoms with E-state index in [2.05, 4.69) is 20.6 Å². The zero-order valence-corrected chi connectivity index (χ0v) is 11.6. The normalized spacial score (nSPS) is 14.1. The third kappa shape index (κ3) is 4.64. The minimum Gasteiger partial charge on any atom is -0.388 e. The topological polar surface area (TPSA) is 79.3 Å². The van der Waals surface area contributed by atoms with Crippen LogP contribution in [0.2, 0.25) is 5.02 Å². The number of nitrogens with zero attached hydrogens (tertiary/aromatic N) is 2. The quantitative estimate of drug-likeness (QED) is 0.697. The Morgan fingerprint density at radius 1 is 1.56 bits per heavy atom. The lowest BCUT2D eigenvalue weighted by atomic mass is 10.0. The molecule has 1 aromatic rings. The van der Waals surface area contributed by atoms with Crippen LogP contribution in [0.15, 0.2) is 6.20 Å². The Bertz CT molecular complexity index is 387. The molecule has 102 valence electrons. The number of halogens is 1. The Morgan fingerprint density at radius 3 is 2.89 bits per heavy atom. The Balaban J connectivity index is 2.62. The molecule has 1 aromatic heterocycles. The lowest BCUT2D eigenvalue weighted by molar-refractivity contribution is 0.0357. The van der Waals surface area contributed by atoms with Gasteiger partial charge < -0.3 is 20.5 Å². The van der Waals surface area contributed by atoms with Crippen LogP contribution < -0.4 is 10.6 Å². The summed E-state index contributed by atoms with van der Waals surface area (Å²) in [5.41, 5.74) is -0.885. The molecule has 0 aliphatic carbocycles. The van der Waals surface area contributed by atoms with E-state index in [0.717, 1.165) is 0 Å². The van der Waals surface area contributed by atoms with E-state index < -0.39 is 5.60 Å². The van der Waals surface area contributed by atoms with E-state index in [-0.39, 0.29) is 0 Å². The molecule has 0 aliphatic heterocycles. The summed E-state index contributed by atoms with van der Waals surface area (Å²) in [6.07, 6.45) is 2.03. The number of aliphatic hydroxyl groups is 1. The van der Waals surface area contributed by atoms with E-state index in [1.54, 1.807) is 21.1 Å². The smallest absolute Gasteiger partial charge is 0.224 e. The van der Waals surface area contributed by atoms with Gasteiger partial charge in [-0.05, 0) is 6.92 Å². The Hall–Kier alpha value is -1.11. The first-order valence-electron chi connectivity index (χ1n) is 5.64. The molecule has 1 unspecified atom stereocenters. The maximum absolute atomic E-state index is 10.1. The number of nitrogens with one attached hydrogen (secondary N) is 2. The number of hydrogen-bond donors (Lipinski definition) is 3. The van der Waals surface area contributed by atoms with Gasteiger partial charge in [0.05, 0.1) is 11.8 Å². The van der Waals surface area contributed by atoms with Crippen LogP contribution in [-0.4, -0.2) is 48.0 Å². The minimum absolute atomic E-state index is 0.330. The van der Waals surface area contributed by atoms with Gasteiger partial charge in [-0.15, -0.1) is 0 Å². The van der Waals surface area contributed by atoms with Gasteiger partial charge in [0.1, 0.15) is 5.02 Å². The van der Waals surface area contributed by atoms with Crippen LogP contribution in [0, 0.1) is 0 Å². The van der Waals surface area contributed by atoms with Crippen molar-refractivity contribution in [3.8, 4) is 0 Å². The lowest BCUT2D eigenvalue weighted by Gasteiger charge is -2.23. The van der Waals surface area contributed by atoms with Gasteiger partial charge in [-0.25, -0.2) is 4.98 Å². The lowest BCUT2D eigenvalue weighted by Crippen LogP contribution is -2.35. The number of ether oxygens (including phenoxy) is 1. The van der Waals surface area contributed by atoms with Crippen LogP contribution in [0.1, 0.15) is 13.3 Å². The van der Waals surface area contributed by atoms with Gasteiger partial charge in [0.25, 0.3) is 0 Å². The maximum Gasteiger partial charge on any atom is 0.224 e. The summed E-state index contributed by atoms with van der Waals surface area (Å²) < 4.78 is 4.94. The zero-order valence-electron chi connectivity index (χ0n) is 10.8. The van der Waals surface area contributed by atoms with Crippen LogP contribution in [-0.2, 0) is 4.74 Å². The fourth-order valence-corrected chi connectivity index (χ4v) is 1.45. The van der Waals surface area contributed by atoms with E-state index in [0.29, 0.717) is 36.4 Å². The van der Waals surface area contributed by atoms with Crippen LogP contribution >= 0.6 is 11.6 Å². The Morgan fingerprint density at radius 2 is 2.28 bits per heavy atom. The second kappa shape index (κ2) is 6.72. The Kier molecular flexibility index (Phi) is 5.58. The molecule has 1 rings (SSSR count). The number of hydrogen-bond acceptors (Lipinski definition) is 6. The second-order valence-electron chi connectivity index (χ2n) is 4.23. The highest BCUT2D eigenvalue weighted by Crippen LogP contribution is 2.20. The molecule has 1 atom stereocenters. The summed E-state index contributed by atoms with van der Waals surface area (Å²) in [6, 6.07) is 0. The van der Waals surface area contributed by atoms with E-state index in [1.807, 2.05) is 0 Å². The molecule has 1 heterocycles. The van der Waals surface area contributed by atoms with Gasteiger partial charge in [-0.3, -0.25) is 0 Å². The molecule has 0 fully saturated rings. The largest absolute Gasteiger partial charge is 0.388 e. The van der Waals surface area contributed by atoms with Gasteiger partial charge in [-0.1, -0.05) is 11.6 Å². The van der Waals surface area contributed by atoms with Crippen LogP contribution in [0.3, 0.4) is 0 Å². The molecule has 7 heteroatoms. The highest BCUT2D eigenvalue weighted by Gasteiger charge is 2.20. The van der Waals surface area contributed by atoms with Crippen molar-refractivity contribution in [3.63, 3.8) is 0 Å². The molecule has 3 N–H and O–H groups in total. The summed E-state index contributed by atoms with van der Waals surface area (Å²) in [4.78, 5) is 8.14. The van der Waals surface area contributed by atoms with Crippen molar-refractivity contribution in [2.75, 3.05) is 37.9 Å². The number of anilines is 2. The average Bonchev–Trinajstić information content (AvgIpc) is 2.35. The minimum atomic E-state index is -0.885. The van der Waals surface area contributed by atoms with Crippen LogP contribution in [0.5, 0.6) is 0 Å². The standard InChI is InChI=1S/C11H19ClN4O2/c1-11(17,4-5-18-3)7-15-9-8(12)6-14-10(13-2)16-9/h6,17H,4-5,7H2,1-3H3,(H2,13,14,15,16). The summed E-state index contributed by atoms with van der Waals surface area (Å²) in [7, 11) is 3.33.